The molecule has 8 nitrogen and oxygen atoms in total. The van der Waals surface area contributed by atoms with E-state index in [0.29, 0.717) is 5.75 Å². The quantitative estimate of drug-likeness (QED) is 0.177. The van der Waals surface area contributed by atoms with Gasteiger partial charge in [-0.25, -0.2) is 12.8 Å². The van der Waals surface area contributed by atoms with Crippen molar-refractivity contribution in [2.75, 3.05) is 18.0 Å². The molecule has 0 radical (unpaired) electrons. The maximum Gasteiger partial charge on any atom is 0.264 e. The molecule has 0 spiro atoms. The van der Waals surface area contributed by atoms with Gasteiger partial charge in [-0.2, -0.15) is 0 Å². The number of rotatable bonds is 13. The molecule has 0 bridgehead atoms. The van der Waals surface area contributed by atoms with E-state index in [0.717, 1.165) is 47.5 Å². The van der Waals surface area contributed by atoms with Gasteiger partial charge in [-0.1, -0.05) is 85.5 Å². The van der Waals surface area contributed by atoms with Crippen molar-refractivity contribution >= 4 is 27.5 Å². The molecule has 4 aromatic rings. The summed E-state index contributed by atoms with van der Waals surface area (Å²) in [5.41, 5.74) is 2.22. The zero-order valence-electron chi connectivity index (χ0n) is 27.3. The number of carbonyl (C=O) groups is 2. The van der Waals surface area contributed by atoms with E-state index in [4.69, 9.17) is 4.74 Å². The molecule has 1 saturated carbocycles. The van der Waals surface area contributed by atoms with Crippen LogP contribution < -0.4 is 14.4 Å². The van der Waals surface area contributed by atoms with E-state index in [1.165, 1.54) is 42.3 Å². The number of anilines is 1. The van der Waals surface area contributed by atoms with Gasteiger partial charge in [0.2, 0.25) is 11.8 Å². The summed E-state index contributed by atoms with van der Waals surface area (Å²) in [6.45, 7) is 1.03. The summed E-state index contributed by atoms with van der Waals surface area (Å²) in [5, 5.41) is 3.16. The van der Waals surface area contributed by atoms with Crippen LogP contribution in [0.15, 0.2) is 108 Å². The number of benzene rings is 4. The second-order valence-electron chi connectivity index (χ2n) is 12.2. The lowest BCUT2D eigenvalue weighted by Gasteiger charge is -2.35. The largest absolute Gasteiger partial charge is 0.497 e. The average molecular weight is 672 g/mol. The second-order valence-corrected chi connectivity index (χ2v) is 14.0. The highest BCUT2D eigenvalue weighted by molar-refractivity contribution is 7.92. The number of hydrogen-bond acceptors (Lipinski definition) is 5. The number of carbonyl (C=O) groups excluding carboxylic acids is 2. The molecule has 2 amide bonds. The van der Waals surface area contributed by atoms with Gasteiger partial charge in [-0.15, -0.1) is 0 Å². The minimum atomic E-state index is -4.27. The molecular formula is C38H42FN3O5S. The Morgan fingerprint density at radius 1 is 0.875 bits per heavy atom. The molecule has 1 aliphatic rings. The molecular weight excluding hydrogens is 629 g/mol. The van der Waals surface area contributed by atoms with Crippen LogP contribution in [0.5, 0.6) is 5.75 Å². The van der Waals surface area contributed by atoms with E-state index in [2.05, 4.69) is 5.32 Å². The molecule has 0 saturated heterocycles. The summed E-state index contributed by atoms with van der Waals surface area (Å²) in [5.74, 6) is -1.04. The Morgan fingerprint density at radius 2 is 1.52 bits per heavy atom. The predicted molar refractivity (Wildman–Crippen MR) is 185 cm³/mol. The molecule has 1 aliphatic carbocycles. The van der Waals surface area contributed by atoms with Crippen LogP contribution in [0.2, 0.25) is 0 Å². The molecule has 0 aliphatic heterocycles. The highest BCUT2D eigenvalue weighted by Gasteiger charge is 2.35. The monoisotopic (exact) mass is 671 g/mol. The fraction of sp³-hybridized carbons (Fsp3) is 0.316. The van der Waals surface area contributed by atoms with E-state index in [1.54, 1.807) is 42.5 Å². The molecule has 0 heterocycles. The zero-order chi connectivity index (χ0) is 34.1. The van der Waals surface area contributed by atoms with Crippen LogP contribution >= 0.6 is 0 Å². The standard InChI is InChI=1S/C38H42FN3O5S/c1-28-17-19-32(20-18-28)42(48(45,46)34-23-21-33(47-2)22-24-34)27-37(43)41(26-30-13-9-10-16-35(30)39)36(25-29-11-5-3-6-12-29)38(44)40-31-14-7-4-8-15-31/h3,5-6,9-13,16-24,31,36H,4,7-8,14-15,25-27H2,1-2H3,(H,40,44)/t36-/m0/s1. The van der Waals surface area contributed by atoms with Crippen LogP contribution in [0, 0.1) is 12.7 Å². The molecule has 5 rings (SSSR count). The van der Waals surface area contributed by atoms with Crippen LogP contribution in [-0.4, -0.2) is 50.9 Å². The highest BCUT2D eigenvalue weighted by Crippen LogP contribution is 2.27. The van der Waals surface area contributed by atoms with Gasteiger partial charge < -0.3 is 15.0 Å². The van der Waals surface area contributed by atoms with Gasteiger partial charge in [0.15, 0.2) is 0 Å². The first-order valence-corrected chi connectivity index (χ1v) is 17.7. The Hall–Kier alpha value is -4.70. The van der Waals surface area contributed by atoms with Gasteiger partial charge in [0.1, 0.15) is 24.2 Å². The molecule has 1 N–H and O–H groups in total. The van der Waals surface area contributed by atoms with Gasteiger partial charge in [0, 0.05) is 24.6 Å². The van der Waals surface area contributed by atoms with Crippen LogP contribution in [0.25, 0.3) is 0 Å². The Kier molecular flexibility index (Phi) is 11.5. The molecule has 0 aromatic heterocycles. The van der Waals surface area contributed by atoms with Crippen LogP contribution in [-0.2, 0) is 32.6 Å². The maximum atomic E-state index is 15.2. The molecule has 0 unspecified atom stereocenters. The number of ether oxygens (including phenoxy) is 1. The minimum absolute atomic E-state index is 0.0329. The van der Waals surface area contributed by atoms with Crippen molar-refractivity contribution in [1.29, 1.82) is 0 Å². The average Bonchev–Trinajstić information content (AvgIpc) is 3.10. The Morgan fingerprint density at radius 3 is 2.17 bits per heavy atom. The number of hydrogen-bond donors (Lipinski definition) is 1. The Bertz CT molecular complexity index is 1780. The number of nitrogens with zero attached hydrogens (tertiary/aromatic N) is 2. The summed E-state index contributed by atoms with van der Waals surface area (Å²) in [7, 11) is -2.79. The van der Waals surface area contributed by atoms with Gasteiger partial charge in [-0.05, 0) is 67.8 Å². The highest BCUT2D eigenvalue weighted by atomic mass is 32.2. The van der Waals surface area contributed by atoms with Crippen molar-refractivity contribution in [2.24, 2.45) is 0 Å². The van der Waals surface area contributed by atoms with Crippen molar-refractivity contribution in [2.45, 2.75) is 69.0 Å². The molecule has 10 heteroatoms. The smallest absolute Gasteiger partial charge is 0.264 e. The van der Waals surface area contributed by atoms with Gasteiger partial charge >= 0.3 is 0 Å². The van der Waals surface area contributed by atoms with Crippen molar-refractivity contribution in [3.05, 3.63) is 126 Å². The van der Waals surface area contributed by atoms with E-state index < -0.39 is 34.3 Å². The normalized spacial score (nSPS) is 14.1. The number of methoxy groups -OCH3 is 1. The molecule has 48 heavy (non-hydrogen) atoms. The minimum Gasteiger partial charge on any atom is -0.497 e. The van der Waals surface area contributed by atoms with Crippen LogP contribution in [0.4, 0.5) is 10.1 Å². The summed E-state index contributed by atoms with van der Waals surface area (Å²) >= 11 is 0. The third-order valence-corrected chi connectivity index (χ3v) is 10.6. The first-order valence-electron chi connectivity index (χ1n) is 16.3. The number of halogens is 1. The summed E-state index contributed by atoms with van der Waals surface area (Å²) in [4.78, 5) is 30.1. The van der Waals surface area contributed by atoms with Crippen LogP contribution in [0.1, 0.15) is 48.8 Å². The first kappa shape index (κ1) is 34.6. The van der Waals surface area contributed by atoms with E-state index in [-0.39, 0.29) is 41.1 Å². The van der Waals surface area contributed by atoms with E-state index >= 15 is 4.39 Å². The lowest BCUT2D eigenvalue weighted by Crippen LogP contribution is -2.55. The van der Waals surface area contributed by atoms with Crippen molar-refractivity contribution in [1.82, 2.24) is 10.2 Å². The predicted octanol–water partition coefficient (Wildman–Crippen LogP) is 6.43. The Balaban J connectivity index is 1.56. The fourth-order valence-electron chi connectivity index (χ4n) is 6.02. The Labute approximate surface area is 282 Å². The first-order chi connectivity index (χ1) is 23.2. The molecule has 252 valence electrons. The van der Waals surface area contributed by atoms with Crippen LogP contribution in [0.3, 0.4) is 0 Å². The SMILES string of the molecule is COc1ccc(S(=O)(=O)N(CC(=O)N(Cc2ccccc2F)[C@@H](Cc2ccccc2)C(=O)NC2CCCCC2)c2ccc(C)cc2)cc1. The zero-order valence-corrected chi connectivity index (χ0v) is 28.2. The molecule has 1 atom stereocenters. The summed E-state index contributed by atoms with van der Waals surface area (Å²) < 4.78 is 49.9. The van der Waals surface area contributed by atoms with Gasteiger partial charge in [0.05, 0.1) is 17.7 Å². The van der Waals surface area contributed by atoms with E-state index in [1.807, 2.05) is 37.3 Å². The lowest BCUT2D eigenvalue weighted by atomic mass is 9.94. The lowest BCUT2D eigenvalue weighted by molar-refractivity contribution is -0.140. The number of aryl methyl sites for hydroxylation is 1. The summed E-state index contributed by atoms with van der Waals surface area (Å²) in [6.07, 6.45) is 4.95. The third kappa shape index (κ3) is 8.60. The van der Waals surface area contributed by atoms with Crippen molar-refractivity contribution in [3.8, 4) is 5.75 Å². The van der Waals surface area contributed by atoms with Gasteiger partial charge in [0.25, 0.3) is 10.0 Å². The number of nitrogens with one attached hydrogen (secondary N) is 1. The van der Waals surface area contributed by atoms with E-state index in [9.17, 15) is 18.0 Å². The molecule has 4 aromatic carbocycles. The topological polar surface area (TPSA) is 96.0 Å². The number of sulfonamides is 1. The second kappa shape index (κ2) is 15.9. The molecule has 1 fully saturated rings. The fourth-order valence-corrected chi connectivity index (χ4v) is 7.44. The number of amides is 2. The third-order valence-electron chi connectivity index (χ3n) is 8.77. The van der Waals surface area contributed by atoms with Gasteiger partial charge in [-0.3, -0.25) is 13.9 Å². The summed E-state index contributed by atoms with van der Waals surface area (Å²) in [6, 6.07) is 27.1. The van der Waals surface area contributed by atoms with Crippen molar-refractivity contribution in [3.63, 3.8) is 0 Å². The van der Waals surface area contributed by atoms with Crippen molar-refractivity contribution < 1.29 is 27.1 Å². The maximum absolute atomic E-state index is 15.2.